The van der Waals surface area contributed by atoms with E-state index in [-0.39, 0.29) is 5.75 Å². The number of sulfone groups is 1. The largest absolute Gasteiger partial charge is 0.480 e. The second-order valence-corrected chi connectivity index (χ2v) is 9.63. The Morgan fingerprint density at radius 2 is 1.94 bits per heavy atom. The van der Waals surface area contributed by atoms with Crippen LogP contribution in [0, 0.1) is 0 Å². The Morgan fingerprint density at radius 1 is 1.39 bits per heavy atom. The van der Waals surface area contributed by atoms with Crippen molar-refractivity contribution in [2.24, 2.45) is 0 Å². The Labute approximate surface area is 111 Å². The fraction of sp³-hybridized carbons (Fsp3) is 0.875. The number of sulfonamides is 1. The third-order valence-corrected chi connectivity index (χ3v) is 8.00. The van der Waals surface area contributed by atoms with Crippen LogP contribution in [0.5, 0.6) is 0 Å². The van der Waals surface area contributed by atoms with E-state index in [4.69, 9.17) is 5.11 Å². The van der Waals surface area contributed by atoms with Gasteiger partial charge in [0.05, 0.1) is 5.37 Å². The summed E-state index contributed by atoms with van der Waals surface area (Å²) in [5.74, 6) is -1.12. The van der Waals surface area contributed by atoms with Gasteiger partial charge >= 0.3 is 5.97 Å². The van der Waals surface area contributed by atoms with Gasteiger partial charge < -0.3 is 5.11 Å². The molecule has 0 aliphatic carbocycles. The van der Waals surface area contributed by atoms with Crippen LogP contribution in [0.3, 0.4) is 0 Å². The monoisotopic (exact) mass is 317 g/mol. The standard InChI is InChI=1S/C8H15NO6S3/c1-3-7-9(6(4-16-7)8(10)11)18(14,15)5-17(2,12)13/h6-7H,3-5H2,1-2H3,(H,10,11). The van der Waals surface area contributed by atoms with Crippen LogP contribution in [-0.4, -0.2) is 60.7 Å². The molecule has 1 heterocycles. The van der Waals surface area contributed by atoms with E-state index in [0.717, 1.165) is 10.6 Å². The minimum atomic E-state index is -4.13. The first kappa shape index (κ1) is 15.7. The summed E-state index contributed by atoms with van der Waals surface area (Å²) in [5.41, 5.74) is 0. The molecular formula is C8H15NO6S3. The lowest BCUT2D eigenvalue weighted by Gasteiger charge is -2.25. The fourth-order valence-corrected chi connectivity index (χ4v) is 7.35. The minimum absolute atomic E-state index is 0.136. The van der Waals surface area contributed by atoms with Gasteiger partial charge in [0.25, 0.3) is 0 Å². The zero-order valence-electron chi connectivity index (χ0n) is 9.94. The number of carboxylic acids is 1. The molecule has 106 valence electrons. The maximum absolute atomic E-state index is 12.0. The van der Waals surface area contributed by atoms with Gasteiger partial charge in [0.2, 0.25) is 10.0 Å². The molecule has 1 fully saturated rings. The Bertz CT molecular complexity index is 525. The van der Waals surface area contributed by atoms with E-state index in [1.54, 1.807) is 6.92 Å². The summed E-state index contributed by atoms with van der Waals surface area (Å²) >= 11 is 1.21. The van der Waals surface area contributed by atoms with E-state index in [0.29, 0.717) is 6.42 Å². The molecule has 2 unspecified atom stereocenters. The van der Waals surface area contributed by atoms with Crippen molar-refractivity contribution in [2.45, 2.75) is 24.8 Å². The number of carboxylic acid groups (broad SMARTS) is 1. The quantitative estimate of drug-likeness (QED) is 0.732. The number of hydrogen-bond acceptors (Lipinski definition) is 6. The van der Waals surface area contributed by atoms with Gasteiger partial charge in [-0.05, 0) is 6.42 Å². The zero-order chi connectivity index (χ0) is 14.1. The summed E-state index contributed by atoms with van der Waals surface area (Å²) in [6.45, 7) is 1.73. The van der Waals surface area contributed by atoms with E-state index < -0.39 is 42.3 Å². The van der Waals surface area contributed by atoms with Gasteiger partial charge in [0.1, 0.15) is 6.04 Å². The Morgan fingerprint density at radius 3 is 2.33 bits per heavy atom. The molecule has 0 radical (unpaired) electrons. The molecule has 0 aromatic carbocycles. The normalized spacial score (nSPS) is 26.3. The molecule has 1 rings (SSSR count). The first-order valence-electron chi connectivity index (χ1n) is 5.12. The average molecular weight is 317 g/mol. The van der Waals surface area contributed by atoms with Crippen LogP contribution in [0.1, 0.15) is 13.3 Å². The Kier molecular flexibility index (Phi) is 4.68. The summed E-state index contributed by atoms with van der Waals surface area (Å²) in [6.07, 6.45) is 1.24. The van der Waals surface area contributed by atoms with E-state index in [2.05, 4.69) is 0 Å². The molecular weight excluding hydrogens is 302 g/mol. The molecule has 18 heavy (non-hydrogen) atoms. The molecule has 1 N–H and O–H groups in total. The summed E-state index contributed by atoms with van der Waals surface area (Å²) in [6, 6.07) is -1.19. The first-order valence-corrected chi connectivity index (χ1v) is 9.83. The SMILES string of the molecule is CCC1SCC(C(=O)O)N1S(=O)(=O)CS(C)(=O)=O. The highest BCUT2D eigenvalue weighted by Crippen LogP contribution is 2.34. The molecule has 0 amide bonds. The van der Waals surface area contributed by atoms with Crippen LogP contribution in [-0.2, 0) is 24.7 Å². The van der Waals surface area contributed by atoms with E-state index in [1.165, 1.54) is 11.8 Å². The van der Waals surface area contributed by atoms with Crippen molar-refractivity contribution < 1.29 is 26.7 Å². The van der Waals surface area contributed by atoms with E-state index in [9.17, 15) is 21.6 Å². The van der Waals surface area contributed by atoms with Crippen molar-refractivity contribution in [1.29, 1.82) is 0 Å². The van der Waals surface area contributed by atoms with Gasteiger partial charge in [0, 0.05) is 12.0 Å². The number of aliphatic carboxylic acids is 1. The smallest absolute Gasteiger partial charge is 0.322 e. The van der Waals surface area contributed by atoms with Crippen molar-refractivity contribution in [3.8, 4) is 0 Å². The Balaban J connectivity index is 3.12. The van der Waals surface area contributed by atoms with Crippen LogP contribution >= 0.6 is 11.8 Å². The lowest BCUT2D eigenvalue weighted by molar-refractivity contribution is -0.140. The molecule has 1 saturated heterocycles. The lowest BCUT2D eigenvalue weighted by atomic mass is 10.3. The summed E-state index contributed by atoms with van der Waals surface area (Å²) < 4.78 is 47.1. The molecule has 7 nitrogen and oxygen atoms in total. The number of nitrogens with zero attached hydrogens (tertiary/aromatic N) is 1. The molecule has 0 aromatic heterocycles. The minimum Gasteiger partial charge on any atom is -0.480 e. The van der Waals surface area contributed by atoms with E-state index >= 15 is 0 Å². The number of rotatable bonds is 5. The molecule has 2 atom stereocenters. The highest BCUT2D eigenvalue weighted by atomic mass is 32.3. The maximum atomic E-state index is 12.0. The van der Waals surface area contributed by atoms with E-state index in [1.807, 2.05) is 0 Å². The first-order chi connectivity index (χ1) is 8.08. The summed E-state index contributed by atoms with van der Waals surface area (Å²) in [4.78, 5) is 11.0. The van der Waals surface area contributed by atoms with Gasteiger partial charge in [-0.3, -0.25) is 4.79 Å². The topological polar surface area (TPSA) is 109 Å². The van der Waals surface area contributed by atoms with Gasteiger partial charge in [-0.25, -0.2) is 16.8 Å². The molecule has 0 aromatic rings. The van der Waals surface area contributed by atoms with Gasteiger partial charge in [0.15, 0.2) is 14.9 Å². The average Bonchev–Trinajstić information content (AvgIpc) is 2.57. The van der Waals surface area contributed by atoms with Crippen molar-refractivity contribution in [3.63, 3.8) is 0 Å². The van der Waals surface area contributed by atoms with Crippen molar-refractivity contribution in [3.05, 3.63) is 0 Å². The number of carbonyl (C=O) groups is 1. The van der Waals surface area contributed by atoms with Gasteiger partial charge in [-0.15, -0.1) is 11.8 Å². The molecule has 1 aliphatic heterocycles. The molecule has 10 heteroatoms. The fourth-order valence-electron chi connectivity index (χ4n) is 1.73. The predicted molar refractivity (Wildman–Crippen MR) is 68.4 cm³/mol. The third-order valence-electron chi connectivity index (χ3n) is 2.36. The molecule has 0 bridgehead atoms. The predicted octanol–water partition coefficient (Wildman–Crippen LogP) is -0.444. The second-order valence-electron chi connectivity index (χ2n) is 4.04. The van der Waals surface area contributed by atoms with Gasteiger partial charge in [-0.1, -0.05) is 6.92 Å². The van der Waals surface area contributed by atoms with Gasteiger partial charge in [-0.2, -0.15) is 4.31 Å². The second kappa shape index (κ2) is 5.35. The van der Waals surface area contributed by atoms with Crippen molar-refractivity contribution >= 4 is 37.6 Å². The third kappa shape index (κ3) is 3.59. The molecule has 0 saturated carbocycles. The van der Waals surface area contributed by atoms with Crippen LogP contribution in [0.2, 0.25) is 0 Å². The highest BCUT2D eigenvalue weighted by Gasteiger charge is 2.45. The van der Waals surface area contributed by atoms with Crippen LogP contribution in [0.4, 0.5) is 0 Å². The number of thioether (sulfide) groups is 1. The summed E-state index contributed by atoms with van der Waals surface area (Å²) in [7, 11) is -7.86. The van der Waals surface area contributed by atoms with Crippen LogP contribution < -0.4 is 0 Å². The highest BCUT2D eigenvalue weighted by molar-refractivity contribution is 8.07. The summed E-state index contributed by atoms with van der Waals surface area (Å²) in [5, 5.41) is 7.42. The molecule has 0 spiro atoms. The Hall–Kier alpha value is -0.320. The van der Waals surface area contributed by atoms with Crippen LogP contribution in [0.15, 0.2) is 0 Å². The number of hydrogen-bond donors (Lipinski definition) is 1. The zero-order valence-corrected chi connectivity index (χ0v) is 12.4. The van der Waals surface area contributed by atoms with Crippen molar-refractivity contribution in [2.75, 3.05) is 17.1 Å². The maximum Gasteiger partial charge on any atom is 0.322 e. The van der Waals surface area contributed by atoms with Crippen molar-refractivity contribution in [1.82, 2.24) is 4.31 Å². The molecule has 1 aliphatic rings. The lowest BCUT2D eigenvalue weighted by Crippen LogP contribution is -2.47. The van der Waals surface area contributed by atoms with Crippen LogP contribution in [0.25, 0.3) is 0 Å².